The van der Waals surface area contributed by atoms with Gasteiger partial charge in [0.15, 0.2) is 5.76 Å². The molecule has 9 nitrogen and oxygen atoms in total. The Labute approximate surface area is 219 Å². The quantitative estimate of drug-likeness (QED) is 0.264. The number of aliphatic hydroxyl groups excluding tert-OH is 1. The smallest absolute Gasteiger partial charge is 0.252 e. The maximum atomic E-state index is 12.5. The Morgan fingerprint density at radius 1 is 1.26 bits per heavy atom. The molecule has 0 radical (unpaired) electrons. The van der Waals surface area contributed by atoms with Crippen LogP contribution in [0.1, 0.15) is 48.8 Å². The molecule has 1 amide bonds. The molecule has 1 spiro atoms. The number of benzene rings is 1. The third-order valence-corrected chi connectivity index (χ3v) is 8.58. The van der Waals surface area contributed by atoms with Gasteiger partial charge in [-0.1, -0.05) is 5.57 Å². The molecule has 38 heavy (non-hydrogen) atoms. The Morgan fingerprint density at radius 3 is 2.63 bits per heavy atom. The highest BCUT2D eigenvalue weighted by Gasteiger charge is 2.75. The van der Waals surface area contributed by atoms with Gasteiger partial charge in [-0.2, -0.15) is 5.10 Å². The van der Waals surface area contributed by atoms with Gasteiger partial charge in [0.05, 0.1) is 17.3 Å². The fourth-order valence-corrected chi connectivity index (χ4v) is 6.48. The van der Waals surface area contributed by atoms with Crippen LogP contribution in [0.2, 0.25) is 0 Å². The molecule has 2 fully saturated rings. The lowest BCUT2D eigenvalue weighted by Crippen LogP contribution is -2.60. The molecule has 3 atom stereocenters. The standard InChI is InChI=1S/C29H30N4O5/c1-16-20(18(7-8-22(16)35)14-32-33-9-2-3-10-33)11-19-12-28(31)13-23(36)24(27(30)37)25(17-5-4-6-17)29(28)26(38-29)21(19)15-34/h2-3,7-10,14-15,19,35-36H,4-6,11-13,31H2,1H3,(H2,30,37)/b32-14+/t19?,28-,29-/m1/s1. The third-order valence-electron chi connectivity index (χ3n) is 8.58. The molecule has 4 aliphatic rings. The second kappa shape index (κ2) is 8.46. The van der Waals surface area contributed by atoms with Gasteiger partial charge < -0.3 is 26.4 Å². The number of rotatable bonds is 6. The van der Waals surface area contributed by atoms with Crippen LogP contribution in [0.5, 0.6) is 5.75 Å². The maximum absolute atomic E-state index is 12.5. The summed E-state index contributed by atoms with van der Waals surface area (Å²) in [5.41, 5.74) is 15.0. The fourth-order valence-electron chi connectivity index (χ4n) is 6.48. The average Bonchev–Trinajstić information content (AvgIpc) is 3.36. The number of aliphatic hydroxyl groups is 1. The Morgan fingerprint density at radius 2 is 2.00 bits per heavy atom. The molecule has 1 saturated heterocycles. The van der Waals surface area contributed by atoms with Crippen LogP contribution in [-0.4, -0.2) is 44.4 Å². The molecule has 1 unspecified atom stereocenters. The summed E-state index contributed by atoms with van der Waals surface area (Å²) in [5, 5.41) is 25.9. The number of phenols is 1. The van der Waals surface area contributed by atoms with Crippen LogP contribution in [0.25, 0.3) is 0 Å². The highest BCUT2D eigenvalue weighted by atomic mass is 16.6. The molecule has 3 aliphatic carbocycles. The number of aromatic hydroxyl groups is 1. The number of aldehydes is 1. The van der Waals surface area contributed by atoms with E-state index in [1.54, 1.807) is 23.0 Å². The van der Waals surface area contributed by atoms with E-state index in [4.69, 9.17) is 16.2 Å². The Balaban J connectivity index is 1.44. The predicted octanol–water partition coefficient (Wildman–Crippen LogP) is 3.05. The number of carbonyl (C=O) groups is 2. The molecule has 1 aliphatic heterocycles. The number of ether oxygens (including phenoxy) is 1. The first-order valence-corrected chi connectivity index (χ1v) is 12.8. The predicted molar refractivity (Wildman–Crippen MR) is 140 cm³/mol. The van der Waals surface area contributed by atoms with Crippen molar-refractivity contribution in [1.82, 2.24) is 4.68 Å². The lowest BCUT2D eigenvalue weighted by Gasteiger charge is -2.45. The van der Waals surface area contributed by atoms with Crippen molar-refractivity contribution in [3.63, 3.8) is 0 Å². The van der Waals surface area contributed by atoms with Crippen molar-refractivity contribution in [3.05, 3.63) is 87.2 Å². The molecular formula is C29H30N4O5. The lowest BCUT2D eigenvalue weighted by molar-refractivity contribution is -0.114. The summed E-state index contributed by atoms with van der Waals surface area (Å²) in [6.45, 7) is 1.83. The van der Waals surface area contributed by atoms with Crippen molar-refractivity contribution in [3.8, 4) is 5.75 Å². The van der Waals surface area contributed by atoms with Gasteiger partial charge in [-0.25, -0.2) is 4.68 Å². The maximum Gasteiger partial charge on any atom is 0.252 e. The van der Waals surface area contributed by atoms with Gasteiger partial charge in [0.2, 0.25) is 5.60 Å². The number of phenolic OH excluding ortho intramolecular Hbond substituents is 1. The number of nitrogens with zero attached hydrogens (tertiary/aromatic N) is 2. The molecular weight excluding hydrogens is 484 g/mol. The second-order valence-corrected chi connectivity index (χ2v) is 10.7. The van der Waals surface area contributed by atoms with E-state index in [1.165, 1.54) is 0 Å². The van der Waals surface area contributed by atoms with E-state index >= 15 is 0 Å². The van der Waals surface area contributed by atoms with Crippen LogP contribution in [-0.2, 0) is 20.7 Å². The number of nitrogens with two attached hydrogens (primary N) is 2. The van der Waals surface area contributed by atoms with E-state index in [0.717, 1.165) is 42.2 Å². The highest BCUT2D eigenvalue weighted by Crippen LogP contribution is 2.67. The van der Waals surface area contributed by atoms with Crippen LogP contribution >= 0.6 is 0 Å². The topological polar surface area (TPSA) is 156 Å². The van der Waals surface area contributed by atoms with Gasteiger partial charge in [0, 0.05) is 30.0 Å². The van der Waals surface area contributed by atoms with Gasteiger partial charge in [-0.15, -0.1) is 0 Å². The summed E-state index contributed by atoms with van der Waals surface area (Å²) in [5.74, 6) is -0.573. The van der Waals surface area contributed by atoms with Gasteiger partial charge in [-0.3, -0.25) is 9.59 Å². The van der Waals surface area contributed by atoms with Gasteiger partial charge in [0.1, 0.15) is 17.8 Å². The second-order valence-electron chi connectivity index (χ2n) is 10.7. The van der Waals surface area contributed by atoms with Crippen molar-refractivity contribution >= 4 is 18.4 Å². The molecule has 0 bridgehead atoms. The van der Waals surface area contributed by atoms with Gasteiger partial charge >= 0.3 is 0 Å². The molecule has 1 aromatic heterocycles. The number of aromatic nitrogens is 1. The molecule has 9 heteroatoms. The Kier molecular flexibility index (Phi) is 5.39. The van der Waals surface area contributed by atoms with Crippen LogP contribution in [0.15, 0.2) is 75.6 Å². The number of primary amides is 1. The number of hydrogen-bond acceptors (Lipinski definition) is 7. The number of epoxide rings is 1. The summed E-state index contributed by atoms with van der Waals surface area (Å²) in [6.07, 6.45) is 9.41. The van der Waals surface area contributed by atoms with Crippen molar-refractivity contribution in [2.45, 2.75) is 56.6 Å². The highest BCUT2D eigenvalue weighted by molar-refractivity contribution is 6.00. The van der Waals surface area contributed by atoms with Crippen molar-refractivity contribution in [2.75, 3.05) is 0 Å². The zero-order chi connectivity index (χ0) is 26.8. The number of allylic oxidation sites excluding steroid dienone is 2. The van der Waals surface area contributed by atoms with Crippen LogP contribution in [0.3, 0.4) is 0 Å². The summed E-state index contributed by atoms with van der Waals surface area (Å²) in [7, 11) is 0. The summed E-state index contributed by atoms with van der Waals surface area (Å²) in [4.78, 5) is 24.9. The summed E-state index contributed by atoms with van der Waals surface area (Å²) >= 11 is 0. The minimum absolute atomic E-state index is 0.00908. The average molecular weight is 515 g/mol. The summed E-state index contributed by atoms with van der Waals surface area (Å²) in [6, 6.07) is 7.17. The Hall–Kier alpha value is -4.11. The van der Waals surface area contributed by atoms with Crippen molar-refractivity contribution in [2.24, 2.45) is 22.5 Å². The zero-order valence-corrected chi connectivity index (χ0v) is 21.1. The van der Waals surface area contributed by atoms with Crippen LogP contribution in [0.4, 0.5) is 0 Å². The molecule has 6 rings (SSSR count). The summed E-state index contributed by atoms with van der Waals surface area (Å²) < 4.78 is 7.93. The van der Waals surface area contributed by atoms with E-state index in [9.17, 15) is 19.8 Å². The van der Waals surface area contributed by atoms with Crippen molar-refractivity contribution < 1.29 is 24.5 Å². The van der Waals surface area contributed by atoms with Crippen molar-refractivity contribution in [1.29, 1.82) is 0 Å². The number of carbonyl (C=O) groups excluding carboxylic acids is 2. The van der Waals surface area contributed by atoms with E-state index in [2.05, 4.69) is 5.10 Å². The first kappa shape index (κ1) is 24.2. The van der Waals surface area contributed by atoms with Gasteiger partial charge in [0.25, 0.3) is 5.91 Å². The largest absolute Gasteiger partial charge is 0.511 e. The molecule has 1 saturated carbocycles. The fraction of sp³-hybridized carbons (Fsp3) is 0.345. The molecule has 1 aromatic carbocycles. The minimum Gasteiger partial charge on any atom is -0.511 e. The number of hydrogen-bond donors (Lipinski definition) is 4. The third kappa shape index (κ3) is 3.38. The monoisotopic (exact) mass is 514 g/mol. The zero-order valence-electron chi connectivity index (χ0n) is 21.1. The van der Waals surface area contributed by atoms with E-state index < -0.39 is 17.0 Å². The number of amides is 1. The molecule has 2 heterocycles. The lowest BCUT2D eigenvalue weighted by atomic mass is 9.58. The molecule has 196 valence electrons. The van der Waals surface area contributed by atoms with E-state index in [1.807, 2.05) is 31.5 Å². The van der Waals surface area contributed by atoms with Crippen LogP contribution < -0.4 is 11.5 Å². The van der Waals surface area contributed by atoms with E-state index in [-0.39, 0.29) is 29.4 Å². The Bertz CT molecular complexity index is 1490. The van der Waals surface area contributed by atoms with Gasteiger partial charge in [-0.05, 0) is 85.9 Å². The van der Waals surface area contributed by atoms with Crippen LogP contribution in [0, 0.1) is 12.8 Å². The normalized spacial score (nSPS) is 28.1. The first-order chi connectivity index (χ1) is 18.2. The first-order valence-electron chi connectivity index (χ1n) is 12.8. The minimum atomic E-state index is -1.13. The van der Waals surface area contributed by atoms with E-state index in [0.29, 0.717) is 35.3 Å². The SMILES string of the molecule is Cc1c(O)ccc(/C=N/n2cccc2)c1CC1C[C@@]2(N)CC(O)=C(C(N)=O)C(=C3CCC3)[C@]23OC3=C1C=O. The molecule has 6 N–H and O–H groups in total. The molecule has 2 aromatic rings.